The predicted molar refractivity (Wildman–Crippen MR) is 63.5 cm³/mol. The third kappa shape index (κ3) is 2.63. The van der Waals surface area contributed by atoms with Crippen LogP contribution in [0.4, 0.5) is 0 Å². The number of hydrogen-bond donors (Lipinski definition) is 2. The van der Waals surface area contributed by atoms with Gasteiger partial charge in [0.2, 0.25) is 10.0 Å². The number of halogens is 1. The Labute approximate surface area is 103 Å². The number of aliphatic hydroxyl groups is 1. The third-order valence-corrected chi connectivity index (χ3v) is 4.62. The van der Waals surface area contributed by atoms with Gasteiger partial charge in [0.25, 0.3) is 0 Å². The molecule has 0 aromatic heterocycles. The number of rotatable bonds is 3. The van der Waals surface area contributed by atoms with Crippen LogP contribution in [0.3, 0.4) is 0 Å². The van der Waals surface area contributed by atoms with Crippen LogP contribution in [-0.2, 0) is 10.0 Å². The molecular weight excluding hydrogens is 294 g/mol. The monoisotopic (exact) mass is 305 g/mol. The average molecular weight is 306 g/mol. The van der Waals surface area contributed by atoms with Gasteiger partial charge in [0.05, 0.1) is 11.0 Å². The highest BCUT2D eigenvalue weighted by Crippen LogP contribution is 2.22. The van der Waals surface area contributed by atoms with E-state index in [9.17, 15) is 8.42 Å². The molecule has 2 rings (SSSR count). The minimum atomic E-state index is -3.44. The van der Waals surface area contributed by atoms with E-state index in [0.29, 0.717) is 12.8 Å². The van der Waals surface area contributed by atoms with Crippen LogP contribution in [-0.4, -0.2) is 25.7 Å². The molecule has 0 amide bonds. The topological polar surface area (TPSA) is 66.4 Å². The van der Waals surface area contributed by atoms with Crippen molar-refractivity contribution in [1.82, 2.24) is 4.72 Å². The molecule has 1 aliphatic rings. The third-order valence-electron chi connectivity index (χ3n) is 2.56. The van der Waals surface area contributed by atoms with E-state index in [0.717, 1.165) is 4.47 Å². The summed E-state index contributed by atoms with van der Waals surface area (Å²) in [7, 11) is -3.44. The summed E-state index contributed by atoms with van der Waals surface area (Å²) < 4.78 is 27.1. The molecule has 0 spiro atoms. The first kappa shape index (κ1) is 12.0. The van der Waals surface area contributed by atoms with Crippen LogP contribution in [0, 0.1) is 0 Å². The van der Waals surface area contributed by atoms with Crippen molar-refractivity contribution in [1.29, 1.82) is 0 Å². The highest BCUT2D eigenvalue weighted by atomic mass is 79.9. The van der Waals surface area contributed by atoms with Gasteiger partial charge in [-0.2, -0.15) is 0 Å². The quantitative estimate of drug-likeness (QED) is 0.883. The van der Waals surface area contributed by atoms with E-state index in [4.69, 9.17) is 5.11 Å². The summed E-state index contributed by atoms with van der Waals surface area (Å²) in [4.78, 5) is 0.247. The molecule has 6 heteroatoms. The van der Waals surface area contributed by atoms with Gasteiger partial charge in [0, 0.05) is 10.5 Å². The summed E-state index contributed by atoms with van der Waals surface area (Å²) in [5.41, 5.74) is 0. The van der Waals surface area contributed by atoms with E-state index in [1.54, 1.807) is 24.3 Å². The molecule has 0 aliphatic heterocycles. The first-order valence-corrected chi connectivity index (χ1v) is 7.21. The fourth-order valence-corrected chi connectivity index (χ4v) is 3.11. The van der Waals surface area contributed by atoms with Gasteiger partial charge in [-0.3, -0.25) is 0 Å². The highest BCUT2D eigenvalue weighted by Gasteiger charge is 2.31. The van der Waals surface area contributed by atoms with Crippen LogP contribution in [0.25, 0.3) is 0 Å². The lowest BCUT2D eigenvalue weighted by molar-refractivity contribution is 0.0712. The fraction of sp³-hybridized carbons (Fsp3) is 0.400. The van der Waals surface area contributed by atoms with Gasteiger partial charge in [0.15, 0.2) is 0 Å². The lowest BCUT2D eigenvalue weighted by atomic mass is 9.91. The van der Waals surface area contributed by atoms with Crippen molar-refractivity contribution < 1.29 is 13.5 Å². The lowest BCUT2D eigenvalue weighted by Gasteiger charge is -2.31. The maximum Gasteiger partial charge on any atom is 0.240 e. The fourth-order valence-electron chi connectivity index (χ4n) is 1.59. The van der Waals surface area contributed by atoms with Crippen LogP contribution in [0.15, 0.2) is 33.6 Å². The van der Waals surface area contributed by atoms with Gasteiger partial charge in [-0.1, -0.05) is 15.9 Å². The molecule has 1 fully saturated rings. The Balaban J connectivity index is 2.10. The first-order valence-electron chi connectivity index (χ1n) is 4.93. The van der Waals surface area contributed by atoms with E-state index in [1.165, 1.54) is 0 Å². The zero-order valence-electron chi connectivity index (χ0n) is 8.43. The van der Waals surface area contributed by atoms with Crippen molar-refractivity contribution in [2.24, 2.45) is 0 Å². The van der Waals surface area contributed by atoms with Crippen molar-refractivity contribution in [2.45, 2.75) is 29.9 Å². The summed E-state index contributed by atoms with van der Waals surface area (Å²) in [6, 6.07) is 6.32. The number of aliphatic hydroxyl groups excluding tert-OH is 1. The molecule has 0 heterocycles. The molecule has 0 bridgehead atoms. The number of nitrogens with one attached hydrogen (secondary N) is 1. The Bertz CT molecular complexity index is 465. The molecule has 16 heavy (non-hydrogen) atoms. The van der Waals surface area contributed by atoms with Crippen LogP contribution in [0.5, 0.6) is 0 Å². The Morgan fingerprint density at radius 2 is 1.81 bits per heavy atom. The van der Waals surface area contributed by atoms with Crippen molar-refractivity contribution >= 4 is 26.0 Å². The second-order valence-corrected chi connectivity index (χ2v) is 6.53. The zero-order valence-corrected chi connectivity index (χ0v) is 10.8. The van der Waals surface area contributed by atoms with Crippen LogP contribution < -0.4 is 4.72 Å². The molecule has 1 aliphatic carbocycles. The Morgan fingerprint density at radius 1 is 1.25 bits per heavy atom. The normalized spacial score (nSPS) is 25.1. The van der Waals surface area contributed by atoms with Gasteiger partial charge >= 0.3 is 0 Å². The molecule has 0 radical (unpaired) electrons. The predicted octanol–water partition coefficient (Wildman–Crippen LogP) is 1.25. The van der Waals surface area contributed by atoms with Crippen LogP contribution in [0.2, 0.25) is 0 Å². The van der Waals surface area contributed by atoms with E-state index in [2.05, 4.69) is 20.7 Å². The number of hydrogen-bond acceptors (Lipinski definition) is 3. The van der Waals surface area contributed by atoms with Crippen molar-refractivity contribution in [3.05, 3.63) is 28.7 Å². The minimum absolute atomic E-state index is 0.136. The lowest BCUT2D eigenvalue weighted by Crippen LogP contribution is -2.46. The summed E-state index contributed by atoms with van der Waals surface area (Å²) in [6.45, 7) is 0. The van der Waals surface area contributed by atoms with Gasteiger partial charge in [-0.05, 0) is 37.1 Å². The summed E-state index contributed by atoms with van der Waals surface area (Å²) >= 11 is 3.25. The van der Waals surface area contributed by atoms with Gasteiger partial charge in [-0.15, -0.1) is 0 Å². The molecule has 2 N–H and O–H groups in total. The summed E-state index contributed by atoms with van der Waals surface area (Å²) in [6.07, 6.45) is 0.628. The van der Waals surface area contributed by atoms with Crippen LogP contribution in [0.1, 0.15) is 12.8 Å². The molecule has 1 aromatic carbocycles. The Kier molecular flexibility index (Phi) is 3.34. The molecule has 4 nitrogen and oxygen atoms in total. The maximum absolute atomic E-state index is 11.8. The standard InChI is InChI=1S/C10H12BrNO3S/c11-7-1-3-10(4-2-7)16(14,15)12-8-5-9(13)6-8/h1-4,8-9,12-13H,5-6H2. The SMILES string of the molecule is O=S(=O)(NC1CC(O)C1)c1ccc(Br)cc1. The van der Waals surface area contributed by atoms with Crippen molar-refractivity contribution in [3.8, 4) is 0 Å². The summed E-state index contributed by atoms with van der Waals surface area (Å²) in [5.74, 6) is 0. The molecule has 88 valence electrons. The largest absolute Gasteiger partial charge is 0.393 e. The van der Waals surface area contributed by atoms with E-state index < -0.39 is 10.0 Å². The Hall–Kier alpha value is -0.430. The zero-order chi connectivity index (χ0) is 11.8. The molecule has 1 saturated carbocycles. The second kappa shape index (κ2) is 4.44. The number of benzene rings is 1. The Morgan fingerprint density at radius 3 is 2.31 bits per heavy atom. The van der Waals surface area contributed by atoms with Gasteiger partial charge < -0.3 is 5.11 Å². The second-order valence-electron chi connectivity index (χ2n) is 3.90. The average Bonchev–Trinajstić information content (AvgIpc) is 2.15. The molecular formula is C10H12BrNO3S. The van der Waals surface area contributed by atoms with Crippen molar-refractivity contribution in [2.75, 3.05) is 0 Å². The first-order chi connectivity index (χ1) is 7.47. The molecule has 0 atom stereocenters. The van der Waals surface area contributed by atoms with Gasteiger partial charge in [0.1, 0.15) is 0 Å². The van der Waals surface area contributed by atoms with Gasteiger partial charge in [-0.25, -0.2) is 13.1 Å². The highest BCUT2D eigenvalue weighted by molar-refractivity contribution is 9.10. The maximum atomic E-state index is 11.8. The minimum Gasteiger partial charge on any atom is -0.393 e. The molecule has 0 unspecified atom stereocenters. The van der Waals surface area contributed by atoms with E-state index in [-0.39, 0.29) is 17.0 Å². The summed E-state index contributed by atoms with van der Waals surface area (Å²) in [5, 5.41) is 9.08. The molecule has 0 saturated heterocycles. The smallest absolute Gasteiger partial charge is 0.240 e. The van der Waals surface area contributed by atoms with E-state index >= 15 is 0 Å². The van der Waals surface area contributed by atoms with Crippen LogP contribution >= 0.6 is 15.9 Å². The number of sulfonamides is 1. The van der Waals surface area contributed by atoms with E-state index in [1.807, 2.05) is 0 Å². The molecule has 1 aromatic rings. The van der Waals surface area contributed by atoms with Crippen molar-refractivity contribution in [3.63, 3.8) is 0 Å².